The summed E-state index contributed by atoms with van der Waals surface area (Å²) in [6.07, 6.45) is 0. The Balaban J connectivity index is 2.37. The number of nitrogens with zero attached hydrogens (tertiary/aromatic N) is 1. The van der Waals surface area contributed by atoms with E-state index in [2.05, 4.69) is 10.3 Å². The lowest BCUT2D eigenvalue weighted by molar-refractivity contribution is 0.0687. The number of Topliss-reactive ketones (excluding diaryl/α,β-unsaturated/α-hetero) is 1. The monoisotopic (exact) mass is 296 g/mol. The zero-order valence-electron chi connectivity index (χ0n) is 9.81. The van der Waals surface area contributed by atoms with Crippen molar-refractivity contribution < 1.29 is 14.7 Å². The maximum atomic E-state index is 11.4. The quantitative estimate of drug-likeness (QED) is 0.845. The van der Waals surface area contributed by atoms with Crippen LogP contribution in [0.1, 0.15) is 27.1 Å². The molecule has 0 fully saturated rings. The van der Waals surface area contributed by atoms with Crippen molar-refractivity contribution >= 4 is 45.5 Å². The van der Waals surface area contributed by atoms with E-state index in [0.29, 0.717) is 15.8 Å². The van der Waals surface area contributed by atoms with Crippen molar-refractivity contribution in [3.63, 3.8) is 0 Å². The number of hydrogen-bond acceptors (Lipinski definition) is 5. The number of para-hydroxylation sites is 1. The van der Waals surface area contributed by atoms with Gasteiger partial charge in [0.15, 0.2) is 16.6 Å². The van der Waals surface area contributed by atoms with Crippen molar-refractivity contribution in [1.29, 1.82) is 0 Å². The summed E-state index contributed by atoms with van der Waals surface area (Å²) in [6.45, 7) is 1.30. The highest BCUT2D eigenvalue weighted by Crippen LogP contribution is 2.29. The molecule has 0 radical (unpaired) electrons. The highest BCUT2D eigenvalue weighted by Gasteiger charge is 2.20. The van der Waals surface area contributed by atoms with Crippen molar-refractivity contribution in [2.45, 2.75) is 6.92 Å². The van der Waals surface area contributed by atoms with Gasteiger partial charge < -0.3 is 10.4 Å². The average molecular weight is 297 g/mol. The molecule has 0 bridgehead atoms. The summed E-state index contributed by atoms with van der Waals surface area (Å²) in [5, 5.41) is 12.7. The van der Waals surface area contributed by atoms with Gasteiger partial charge in [0, 0.05) is 6.92 Å². The molecule has 5 nitrogen and oxygen atoms in total. The van der Waals surface area contributed by atoms with Crippen LogP contribution in [-0.4, -0.2) is 21.8 Å². The van der Waals surface area contributed by atoms with Gasteiger partial charge in [-0.15, -0.1) is 0 Å². The van der Waals surface area contributed by atoms with Crippen LogP contribution < -0.4 is 5.32 Å². The Morgan fingerprint density at radius 1 is 1.37 bits per heavy atom. The molecule has 0 aliphatic carbocycles. The first-order valence-corrected chi connectivity index (χ1v) is 6.45. The van der Waals surface area contributed by atoms with Crippen LogP contribution in [0.5, 0.6) is 0 Å². The normalized spacial score (nSPS) is 10.2. The van der Waals surface area contributed by atoms with Gasteiger partial charge in [-0.25, -0.2) is 9.78 Å². The second-order valence-electron chi connectivity index (χ2n) is 3.66. The highest BCUT2D eigenvalue weighted by atomic mass is 35.5. The predicted molar refractivity (Wildman–Crippen MR) is 73.8 cm³/mol. The number of aromatic nitrogens is 1. The average Bonchev–Trinajstić information content (AvgIpc) is 2.76. The zero-order valence-corrected chi connectivity index (χ0v) is 11.4. The third-order valence-electron chi connectivity index (χ3n) is 2.26. The number of carboxylic acid groups (broad SMARTS) is 1. The molecule has 0 atom stereocenters. The van der Waals surface area contributed by atoms with Crippen LogP contribution >= 0.6 is 22.9 Å². The molecule has 7 heteroatoms. The number of benzene rings is 1. The molecule has 1 heterocycles. The Morgan fingerprint density at radius 3 is 2.58 bits per heavy atom. The number of anilines is 2. The van der Waals surface area contributed by atoms with Gasteiger partial charge in [-0.1, -0.05) is 35.1 Å². The predicted octanol–water partition coefficient (Wildman–Crippen LogP) is 3.44. The number of halogens is 1. The van der Waals surface area contributed by atoms with Gasteiger partial charge >= 0.3 is 5.97 Å². The molecule has 0 unspecified atom stereocenters. The van der Waals surface area contributed by atoms with E-state index in [-0.39, 0.29) is 16.4 Å². The van der Waals surface area contributed by atoms with E-state index < -0.39 is 5.97 Å². The van der Waals surface area contributed by atoms with Crippen molar-refractivity contribution in [2.75, 3.05) is 5.32 Å². The molecule has 2 N–H and O–H groups in total. The lowest BCUT2D eigenvalue weighted by Crippen LogP contribution is -2.03. The topological polar surface area (TPSA) is 79.3 Å². The second-order valence-corrected chi connectivity index (χ2v) is 5.07. The van der Waals surface area contributed by atoms with Gasteiger partial charge in [0.2, 0.25) is 0 Å². The van der Waals surface area contributed by atoms with Gasteiger partial charge in [0.1, 0.15) is 4.88 Å². The van der Waals surface area contributed by atoms with Crippen LogP contribution in [0.25, 0.3) is 0 Å². The second kappa shape index (κ2) is 5.38. The van der Waals surface area contributed by atoms with E-state index in [1.165, 1.54) is 6.92 Å². The summed E-state index contributed by atoms with van der Waals surface area (Å²) >= 11 is 6.97. The number of carbonyl (C=O) groups is 2. The number of hydrogen-bond donors (Lipinski definition) is 2. The van der Waals surface area contributed by atoms with Crippen LogP contribution in [0.2, 0.25) is 5.02 Å². The fraction of sp³-hybridized carbons (Fsp3) is 0.0833. The van der Waals surface area contributed by atoms with Crippen LogP contribution in [0, 0.1) is 0 Å². The summed E-state index contributed by atoms with van der Waals surface area (Å²) in [6, 6.07) is 6.99. The van der Waals surface area contributed by atoms with Crippen molar-refractivity contribution in [3.8, 4) is 0 Å². The molecule has 0 saturated heterocycles. The van der Waals surface area contributed by atoms with Gasteiger partial charge in [-0.3, -0.25) is 4.79 Å². The SMILES string of the molecule is CC(=O)c1sc(Nc2ccccc2Cl)nc1C(=O)O. The Kier molecular flexibility index (Phi) is 3.82. The summed E-state index contributed by atoms with van der Waals surface area (Å²) in [5.74, 6) is -1.56. The van der Waals surface area contributed by atoms with Crippen molar-refractivity contribution in [2.24, 2.45) is 0 Å². The Labute approximate surface area is 117 Å². The smallest absolute Gasteiger partial charge is 0.356 e. The summed E-state index contributed by atoms with van der Waals surface area (Å²) in [5.41, 5.74) is 0.358. The van der Waals surface area contributed by atoms with E-state index in [4.69, 9.17) is 16.7 Å². The molecule has 1 aromatic heterocycles. The third-order valence-corrected chi connectivity index (χ3v) is 3.67. The molecule has 98 valence electrons. The first-order chi connectivity index (χ1) is 8.99. The van der Waals surface area contributed by atoms with E-state index in [1.807, 2.05) is 0 Å². The van der Waals surface area contributed by atoms with E-state index in [0.717, 1.165) is 11.3 Å². The Morgan fingerprint density at radius 2 is 2.05 bits per heavy atom. The van der Waals surface area contributed by atoms with Gasteiger partial charge in [-0.2, -0.15) is 0 Å². The lowest BCUT2D eigenvalue weighted by Gasteiger charge is -2.03. The van der Waals surface area contributed by atoms with Crippen molar-refractivity contribution in [1.82, 2.24) is 4.98 Å². The largest absolute Gasteiger partial charge is 0.476 e. The Hall–Kier alpha value is -1.92. The number of carbonyl (C=O) groups excluding carboxylic acids is 1. The molecule has 19 heavy (non-hydrogen) atoms. The summed E-state index contributed by atoms with van der Waals surface area (Å²) < 4.78 is 0. The molecular formula is C12H9ClN2O3S. The molecule has 0 amide bonds. The lowest BCUT2D eigenvalue weighted by atomic mass is 10.3. The maximum absolute atomic E-state index is 11.4. The van der Waals surface area contributed by atoms with Gasteiger partial charge in [-0.05, 0) is 12.1 Å². The van der Waals surface area contributed by atoms with Gasteiger partial charge in [0.25, 0.3) is 0 Å². The number of carboxylic acids is 1. The minimum atomic E-state index is -1.23. The summed E-state index contributed by atoms with van der Waals surface area (Å²) in [4.78, 5) is 26.4. The minimum Gasteiger partial charge on any atom is -0.476 e. The fourth-order valence-electron chi connectivity index (χ4n) is 1.43. The number of aromatic carboxylic acids is 1. The number of thiazole rings is 1. The van der Waals surface area contributed by atoms with E-state index >= 15 is 0 Å². The van der Waals surface area contributed by atoms with Crippen molar-refractivity contribution in [3.05, 3.63) is 39.9 Å². The van der Waals surface area contributed by atoms with Crippen LogP contribution in [-0.2, 0) is 0 Å². The first kappa shape index (κ1) is 13.5. The van der Waals surface area contributed by atoms with Gasteiger partial charge in [0.05, 0.1) is 10.7 Å². The van der Waals surface area contributed by atoms with Crippen LogP contribution in [0.4, 0.5) is 10.8 Å². The van der Waals surface area contributed by atoms with E-state index in [1.54, 1.807) is 24.3 Å². The number of nitrogens with one attached hydrogen (secondary N) is 1. The molecule has 2 rings (SSSR count). The molecule has 0 spiro atoms. The van der Waals surface area contributed by atoms with Crippen LogP contribution in [0.15, 0.2) is 24.3 Å². The zero-order chi connectivity index (χ0) is 14.0. The van der Waals surface area contributed by atoms with Crippen LogP contribution in [0.3, 0.4) is 0 Å². The fourth-order valence-corrected chi connectivity index (χ4v) is 2.48. The third kappa shape index (κ3) is 2.91. The minimum absolute atomic E-state index is 0.113. The van der Waals surface area contributed by atoms with E-state index in [9.17, 15) is 9.59 Å². The molecule has 2 aromatic rings. The molecule has 1 aromatic carbocycles. The molecule has 0 saturated carbocycles. The maximum Gasteiger partial charge on any atom is 0.356 e. The summed E-state index contributed by atoms with van der Waals surface area (Å²) in [7, 11) is 0. The molecule has 0 aliphatic rings. The Bertz CT molecular complexity index is 623. The standard InChI is InChI=1S/C12H9ClN2O3S/c1-6(16)10-9(11(17)18)15-12(19-10)14-8-5-3-2-4-7(8)13/h2-5H,1H3,(H,14,15)(H,17,18). The molecule has 0 aliphatic heterocycles. The molecular weight excluding hydrogens is 288 g/mol. The highest BCUT2D eigenvalue weighted by molar-refractivity contribution is 7.17. The number of rotatable bonds is 4. The number of ketones is 1. The first-order valence-electron chi connectivity index (χ1n) is 5.25.